The number of allylic oxidation sites excluding steroid dienone is 3. The minimum atomic E-state index is -4.70. The minimum Gasteiger partial charge on any atom is -0.410 e. The first-order chi connectivity index (χ1) is 9.46. The molecule has 20 heavy (non-hydrogen) atoms. The predicted octanol–water partition coefficient (Wildman–Crippen LogP) is 4.03. The van der Waals surface area contributed by atoms with Crippen molar-refractivity contribution in [3.05, 3.63) is 71.5 Å². The lowest BCUT2D eigenvalue weighted by atomic mass is 10.0. The van der Waals surface area contributed by atoms with E-state index >= 15 is 0 Å². The Morgan fingerprint density at radius 3 is 2.50 bits per heavy atom. The average Bonchev–Trinajstić information content (AvgIpc) is 2.63. The zero-order valence-electron chi connectivity index (χ0n) is 10.5. The summed E-state index contributed by atoms with van der Waals surface area (Å²) >= 11 is 0. The molecule has 1 aliphatic carbocycles. The van der Waals surface area contributed by atoms with Crippen LogP contribution in [0.25, 0.3) is 0 Å². The van der Waals surface area contributed by atoms with Gasteiger partial charge in [-0.15, -0.1) is 13.2 Å². The summed E-state index contributed by atoms with van der Waals surface area (Å²) in [5, 5.41) is 10.2. The van der Waals surface area contributed by atoms with Crippen LogP contribution in [0, 0.1) is 0 Å². The maximum Gasteiger partial charge on any atom is 0.572 e. The van der Waals surface area contributed by atoms with Crippen molar-refractivity contribution >= 4 is 0 Å². The summed E-state index contributed by atoms with van der Waals surface area (Å²) in [6.45, 7) is 0. The third-order valence-corrected chi connectivity index (χ3v) is 2.79. The number of benzene rings is 1. The highest BCUT2D eigenvalue weighted by atomic mass is 19.4. The van der Waals surface area contributed by atoms with Gasteiger partial charge in [0, 0.05) is 6.42 Å². The highest BCUT2D eigenvalue weighted by Crippen LogP contribution is 2.28. The van der Waals surface area contributed by atoms with Crippen LogP contribution in [-0.2, 0) is 4.74 Å². The van der Waals surface area contributed by atoms with Gasteiger partial charge in [-0.05, 0) is 17.2 Å². The largest absolute Gasteiger partial charge is 0.572 e. The van der Waals surface area contributed by atoms with Crippen molar-refractivity contribution in [2.24, 2.45) is 0 Å². The first kappa shape index (κ1) is 14.4. The number of rotatable bonds is 3. The van der Waals surface area contributed by atoms with E-state index in [-0.39, 0.29) is 12.2 Å². The molecule has 0 radical (unpaired) electrons. The van der Waals surface area contributed by atoms with Gasteiger partial charge in [-0.25, -0.2) is 0 Å². The highest BCUT2D eigenvalue weighted by Gasteiger charge is 2.31. The SMILES string of the molecule is OC(C1=CCC(OC(F)(F)F)=CC=C1)c1ccccc1. The van der Waals surface area contributed by atoms with Crippen LogP contribution in [0.2, 0.25) is 0 Å². The van der Waals surface area contributed by atoms with Crippen molar-refractivity contribution in [1.29, 1.82) is 0 Å². The van der Waals surface area contributed by atoms with E-state index < -0.39 is 12.5 Å². The normalized spacial score (nSPS) is 17.0. The molecule has 1 aromatic carbocycles. The monoisotopic (exact) mass is 282 g/mol. The smallest absolute Gasteiger partial charge is 0.410 e. The molecule has 0 saturated heterocycles. The number of hydrogen-bond donors (Lipinski definition) is 1. The third kappa shape index (κ3) is 3.99. The summed E-state index contributed by atoms with van der Waals surface area (Å²) in [4.78, 5) is 0. The molecular formula is C15H13F3O2. The van der Waals surface area contributed by atoms with Crippen LogP contribution in [0.5, 0.6) is 0 Å². The summed E-state index contributed by atoms with van der Waals surface area (Å²) in [7, 11) is 0. The van der Waals surface area contributed by atoms with Crippen LogP contribution in [0.15, 0.2) is 66.0 Å². The molecule has 0 aliphatic heterocycles. The van der Waals surface area contributed by atoms with Gasteiger partial charge in [0.1, 0.15) is 11.9 Å². The molecule has 5 heteroatoms. The van der Waals surface area contributed by atoms with Gasteiger partial charge >= 0.3 is 6.36 Å². The first-order valence-corrected chi connectivity index (χ1v) is 6.02. The fourth-order valence-corrected chi connectivity index (χ4v) is 1.88. The van der Waals surface area contributed by atoms with Crippen LogP contribution in [0.3, 0.4) is 0 Å². The van der Waals surface area contributed by atoms with Gasteiger partial charge < -0.3 is 9.84 Å². The summed E-state index contributed by atoms with van der Waals surface area (Å²) in [5.41, 5.74) is 1.22. The van der Waals surface area contributed by atoms with Gasteiger partial charge in [0.25, 0.3) is 0 Å². The summed E-state index contributed by atoms with van der Waals surface area (Å²) in [6.07, 6.45) is 0.192. The Kier molecular flexibility index (Phi) is 4.29. The van der Waals surface area contributed by atoms with Crippen molar-refractivity contribution in [3.8, 4) is 0 Å². The Balaban J connectivity index is 2.10. The van der Waals surface area contributed by atoms with Crippen molar-refractivity contribution in [2.45, 2.75) is 18.9 Å². The molecule has 2 rings (SSSR count). The van der Waals surface area contributed by atoms with Crippen molar-refractivity contribution in [1.82, 2.24) is 0 Å². The van der Waals surface area contributed by atoms with Crippen LogP contribution >= 0.6 is 0 Å². The second kappa shape index (κ2) is 5.96. The molecule has 0 heterocycles. The molecule has 0 spiro atoms. The molecule has 2 nitrogen and oxygen atoms in total. The Bertz CT molecular complexity index is 542. The Hall–Kier alpha value is -2.01. The second-order valence-electron chi connectivity index (χ2n) is 4.26. The Morgan fingerprint density at radius 2 is 1.85 bits per heavy atom. The maximum atomic E-state index is 12.1. The molecule has 0 fully saturated rings. The molecule has 0 saturated carbocycles. The summed E-state index contributed by atoms with van der Waals surface area (Å²) in [6, 6.07) is 8.91. The Labute approximate surface area is 114 Å². The van der Waals surface area contributed by atoms with Crippen molar-refractivity contribution < 1.29 is 23.0 Å². The average molecular weight is 282 g/mol. The zero-order chi connectivity index (χ0) is 14.6. The highest BCUT2D eigenvalue weighted by molar-refractivity contribution is 5.36. The summed E-state index contributed by atoms with van der Waals surface area (Å²) in [5.74, 6) is -0.205. The van der Waals surface area contributed by atoms with Gasteiger partial charge in [-0.1, -0.05) is 48.6 Å². The lowest BCUT2D eigenvalue weighted by Crippen LogP contribution is -2.12. The van der Waals surface area contributed by atoms with Crippen LogP contribution in [0.1, 0.15) is 18.1 Å². The lowest BCUT2D eigenvalue weighted by molar-refractivity contribution is -0.305. The van der Waals surface area contributed by atoms with Gasteiger partial charge in [0.05, 0.1) is 0 Å². The molecule has 1 aromatic rings. The molecule has 1 atom stereocenters. The first-order valence-electron chi connectivity index (χ1n) is 6.02. The minimum absolute atomic E-state index is 0.0221. The number of aliphatic hydroxyl groups excluding tert-OH is 1. The molecule has 0 aromatic heterocycles. The lowest BCUT2D eigenvalue weighted by Gasteiger charge is -2.13. The van der Waals surface area contributed by atoms with E-state index in [0.717, 1.165) is 0 Å². The molecular weight excluding hydrogens is 269 g/mol. The van der Waals surface area contributed by atoms with E-state index in [0.29, 0.717) is 11.1 Å². The van der Waals surface area contributed by atoms with E-state index in [1.54, 1.807) is 30.3 Å². The van der Waals surface area contributed by atoms with E-state index in [4.69, 9.17) is 0 Å². The van der Waals surface area contributed by atoms with E-state index in [2.05, 4.69) is 4.74 Å². The van der Waals surface area contributed by atoms with E-state index in [1.807, 2.05) is 6.07 Å². The van der Waals surface area contributed by atoms with Gasteiger partial charge in [0.15, 0.2) is 0 Å². The van der Waals surface area contributed by atoms with Gasteiger partial charge in [-0.3, -0.25) is 0 Å². The second-order valence-corrected chi connectivity index (χ2v) is 4.26. The van der Waals surface area contributed by atoms with Gasteiger partial charge in [0.2, 0.25) is 0 Å². The number of hydrogen-bond acceptors (Lipinski definition) is 2. The molecule has 1 aliphatic rings. The number of alkyl halides is 3. The topological polar surface area (TPSA) is 29.5 Å². The maximum absolute atomic E-state index is 12.1. The molecule has 106 valence electrons. The summed E-state index contributed by atoms with van der Waals surface area (Å²) < 4.78 is 40.3. The van der Waals surface area contributed by atoms with Crippen LogP contribution < -0.4 is 0 Å². The standard InChI is InChI=1S/C15H13F3O2/c16-15(17,18)20-13-8-4-7-12(9-10-13)14(19)11-5-2-1-3-6-11/h1-9,14,19H,10H2. The number of halogens is 3. The third-order valence-electron chi connectivity index (χ3n) is 2.79. The van der Waals surface area contributed by atoms with Gasteiger partial charge in [-0.2, -0.15) is 0 Å². The molecule has 0 amide bonds. The van der Waals surface area contributed by atoms with Crippen molar-refractivity contribution in [3.63, 3.8) is 0 Å². The van der Waals surface area contributed by atoms with Crippen LogP contribution in [-0.4, -0.2) is 11.5 Å². The molecule has 0 bridgehead atoms. The fourth-order valence-electron chi connectivity index (χ4n) is 1.88. The predicted molar refractivity (Wildman–Crippen MR) is 68.5 cm³/mol. The Morgan fingerprint density at radius 1 is 1.15 bits per heavy atom. The number of aliphatic hydroxyl groups is 1. The molecule has 1 N–H and O–H groups in total. The quantitative estimate of drug-likeness (QED) is 0.907. The molecule has 1 unspecified atom stereocenters. The van der Waals surface area contributed by atoms with Crippen molar-refractivity contribution in [2.75, 3.05) is 0 Å². The number of ether oxygens (including phenoxy) is 1. The zero-order valence-corrected chi connectivity index (χ0v) is 10.5. The van der Waals surface area contributed by atoms with Crippen LogP contribution in [0.4, 0.5) is 13.2 Å². The van der Waals surface area contributed by atoms with E-state index in [1.165, 1.54) is 18.2 Å². The fraction of sp³-hybridized carbons (Fsp3) is 0.200. The van der Waals surface area contributed by atoms with E-state index in [9.17, 15) is 18.3 Å².